The van der Waals surface area contributed by atoms with E-state index >= 15 is 0 Å². The van der Waals surface area contributed by atoms with Crippen molar-refractivity contribution >= 4 is 0 Å². The Balaban J connectivity index is 1.88. The SMILES string of the molecule is CC1CN(C2CCNCc3ccccc32)CC1C. The molecular formula is C16H24N2. The van der Waals surface area contributed by atoms with E-state index in [4.69, 9.17) is 0 Å². The fraction of sp³-hybridized carbons (Fsp3) is 0.625. The summed E-state index contributed by atoms with van der Waals surface area (Å²) in [4.78, 5) is 2.71. The smallest absolute Gasteiger partial charge is 0.0363 e. The summed E-state index contributed by atoms with van der Waals surface area (Å²) in [6.07, 6.45) is 1.25. The van der Waals surface area contributed by atoms with Gasteiger partial charge in [0.15, 0.2) is 0 Å². The van der Waals surface area contributed by atoms with E-state index in [0.29, 0.717) is 6.04 Å². The lowest BCUT2D eigenvalue weighted by molar-refractivity contribution is 0.225. The molecule has 1 saturated heterocycles. The van der Waals surface area contributed by atoms with E-state index in [0.717, 1.165) is 24.9 Å². The lowest BCUT2D eigenvalue weighted by atomic mass is 9.98. The van der Waals surface area contributed by atoms with Crippen molar-refractivity contribution in [2.24, 2.45) is 11.8 Å². The van der Waals surface area contributed by atoms with Crippen LogP contribution in [0.15, 0.2) is 24.3 Å². The molecule has 3 unspecified atom stereocenters. The van der Waals surface area contributed by atoms with Crippen LogP contribution in [-0.2, 0) is 6.54 Å². The van der Waals surface area contributed by atoms with Gasteiger partial charge in [0.1, 0.15) is 0 Å². The largest absolute Gasteiger partial charge is 0.313 e. The van der Waals surface area contributed by atoms with Crippen LogP contribution in [0.1, 0.15) is 37.4 Å². The van der Waals surface area contributed by atoms with E-state index in [1.54, 1.807) is 5.56 Å². The molecule has 1 N–H and O–H groups in total. The molecule has 2 nitrogen and oxygen atoms in total. The summed E-state index contributed by atoms with van der Waals surface area (Å²) >= 11 is 0. The molecule has 0 bridgehead atoms. The number of fused-ring (bicyclic) bond motifs is 1. The minimum atomic E-state index is 0.628. The molecule has 0 saturated carbocycles. The normalized spacial score (nSPS) is 33.1. The molecule has 98 valence electrons. The molecule has 0 aromatic heterocycles. The van der Waals surface area contributed by atoms with E-state index in [9.17, 15) is 0 Å². The average Bonchev–Trinajstić information content (AvgIpc) is 2.62. The van der Waals surface area contributed by atoms with Crippen molar-refractivity contribution < 1.29 is 0 Å². The van der Waals surface area contributed by atoms with Gasteiger partial charge in [-0.1, -0.05) is 38.1 Å². The van der Waals surface area contributed by atoms with Crippen LogP contribution >= 0.6 is 0 Å². The molecule has 18 heavy (non-hydrogen) atoms. The zero-order valence-corrected chi connectivity index (χ0v) is 11.5. The first-order valence-corrected chi connectivity index (χ1v) is 7.28. The lowest BCUT2D eigenvalue weighted by Crippen LogP contribution is -2.28. The molecule has 0 amide bonds. The van der Waals surface area contributed by atoms with Crippen molar-refractivity contribution in [3.63, 3.8) is 0 Å². The maximum Gasteiger partial charge on any atom is 0.0363 e. The highest BCUT2D eigenvalue weighted by Gasteiger charge is 2.32. The van der Waals surface area contributed by atoms with Crippen LogP contribution in [0.2, 0.25) is 0 Å². The van der Waals surface area contributed by atoms with Gasteiger partial charge < -0.3 is 5.32 Å². The summed E-state index contributed by atoms with van der Waals surface area (Å²) in [7, 11) is 0. The summed E-state index contributed by atoms with van der Waals surface area (Å²) in [6.45, 7) is 9.49. The monoisotopic (exact) mass is 244 g/mol. The summed E-state index contributed by atoms with van der Waals surface area (Å²) in [6, 6.07) is 9.60. The molecule has 0 spiro atoms. The Kier molecular flexibility index (Phi) is 3.40. The van der Waals surface area contributed by atoms with Crippen LogP contribution in [0.5, 0.6) is 0 Å². The van der Waals surface area contributed by atoms with Gasteiger partial charge in [0, 0.05) is 25.7 Å². The third kappa shape index (κ3) is 2.19. The topological polar surface area (TPSA) is 15.3 Å². The zero-order valence-electron chi connectivity index (χ0n) is 11.5. The van der Waals surface area contributed by atoms with Gasteiger partial charge in [-0.25, -0.2) is 0 Å². The first-order chi connectivity index (χ1) is 8.75. The first kappa shape index (κ1) is 12.2. The second kappa shape index (κ2) is 5.02. The highest BCUT2D eigenvalue weighted by molar-refractivity contribution is 5.31. The minimum absolute atomic E-state index is 0.628. The molecule has 1 aromatic rings. The van der Waals surface area contributed by atoms with Gasteiger partial charge in [0.05, 0.1) is 0 Å². The maximum atomic E-state index is 3.55. The third-order valence-corrected chi connectivity index (χ3v) is 4.78. The predicted octanol–water partition coefficient (Wildman–Crippen LogP) is 2.81. The second-order valence-corrected chi connectivity index (χ2v) is 6.09. The quantitative estimate of drug-likeness (QED) is 0.817. The lowest BCUT2D eigenvalue weighted by Gasteiger charge is -2.28. The Morgan fingerprint density at radius 2 is 1.83 bits per heavy atom. The molecule has 3 atom stereocenters. The fourth-order valence-electron chi connectivity index (χ4n) is 3.45. The summed E-state index contributed by atoms with van der Waals surface area (Å²) in [5, 5.41) is 3.55. The van der Waals surface area contributed by atoms with E-state index in [2.05, 4.69) is 48.3 Å². The van der Waals surface area contributed by atoms with Crippen LogP contribution in [0.4, 0.5) is 0 Å². The minimum Gasteiger partial charge on any atom is -0.313 e. The van der Waals surface area contributed by atoms with Crippen molar-refractivity contribution in [3.8, 4) is 0 Å². The third-order valence-electron chi connectivity index (χ3n) is 4.78. The van der Waals surface area contributed by atoms with Gasteiger partial charge >= 0.3 is 0 Å². The van der Waals surface area contributed by atoms with Gasteiger partial charge in [0.25, 0.3) is 0 Å². The summed E-state index contributed by atoms with van der Waals surface area (Å²) in [5.74, 6) is 1.68. The molecule has 2 heterocycles. The summed E-state index contributed by atoms with van der Waals surface area (Å²) in [5.41, 5.74) is 3.05. The Morgan fingerprint density at radius 3 is 2.61 bits per heavy atom. The number of nitrogens with one attached hydrogen (secondary N) is 1. The average molecular weight is 244 g/mol. The van der Waals surface area contributed by atoms with Gasteiger partial charge in [0.2, 0.25) is 0 Å². The second-order valence-electron chi connectivity index (χ2n) is 6.09. The van der Waals surface area contributed by atoms with Crippen molar-refractivity contribution in [2.75, 3.05) is 19.6 Å². The van der Waals surface area contributed by atoms with Crippen LogP contribution in [0.25, 0.3) is 0 Å². The van der Waals surface area contributed by atoms with Crippen molar-refractivity contribution in [1.82, 2.24) is 10.2 Å². The Hall–Kier alpha value is -0.860. The molecule has 1 aromatic carbocycles. The van der Waals surface area contributed by atoms with Crippen LogP contribution in [-0.4, -0.2) is 24.5 Å². The Bertz CT molecular complexity index is 405. The molecule has 0 radical (unpaired) electrons. The van der Waals surface area contributed by atoms with Crippen molar-refractivity contribution in [1.29, 1.82) is 0 Å². The molecule has 2 aliphatic rings. The van der Waals surface area contributed by atoms with Gasteiger partial charge in [-0.3, -0.25) is 4.90 Å². The van der Waals surface area contributed by atoms with Gasteiger partial charge in [-0.05, 0) is 35.9 Å². The zero-order chi connectivity index (χ0) is 12.5. The first-order valence-electron chi connectivity index (χ1n) is 7.28. The molecule has 0 aliphatic carbocycles. The number of benzene rings is 1. The number of rotatable bonds is 1. The van der Waals surface area contributed by atoms with Gasteiger partial charge in [-0.2, -0.15) is 0 Å². The molecule has 1 fully saturated rings. The van der Waals surface area contributed by atoms with Crippen LogP contribution < -0.4 is 5.32 Å². The number of nitrogens with zero attached hydrogens (tertiary/aromatic N) is 1. The van der Waals surface area contributed by atoms with Crippen LogP contribution in [0.3, 0.4) is 0 Å². The summed E-state index contributed by atoms with van der Waals surface area (Å²) < 4.78 is 0. The van der Waals surface area contributed by atoms with Crippen molar-refractivity contribution in [3.05, 3.63) is 35.4 Å². The molecule has 3 rings (SSSR count). The Labute approximate surface area is 110 Å². The van der Waals surface area contributed by atoms with E-state index in [1.165, 1.54) is 25.1 Å². The standard InChI is InChI=1S/C16H24N2/c1-12-10-18(11-13(12)2)16-7-8-17-9-14-5-3-4-6-15(14)16/h3-6,12-13,16-17H,7-11H2,1-2H3. The fourth-order valence-corrected chi connectivity index (χ4v) is 3.45. The number of likely N-dealkylation sites (tertiary alicyclic amines) is 1. The number of hydrogen-bond donors (Lipinski definition) is 1. The molecule has 2 aliphatic heterocycles. The molecular weight excluding hydrogens is 220 g/mol. The predicted molar refractivity (Wildman–Crippen MR) is 75.4 cm³/mol. The van der Waals surface area contributed by atoms with Crippen LogP contribution in [0, 0.1) is 11.8 Å². The van der Waals surface area contributed by atoms with E-state index in [1.807, 2.05) is 0 Å². The van der Waals surface area contributed by atoms with E-state index in [-0.39, 0.29) is 0 Å². The maximum absolute atomic E-state index is 3.55. The van der Waals surface area contributed by atoms with Gasteiger partial charge in [-0.15, -0.1) is 0 Å². The molecule has 2 heteroatoms. The highest BCUT2D eigenvalue weighted by atomic mass is 15.2. The number of hydrogen-bond acceptors (Lipinski definition) is 2. The highest BCUT2D eigenvalue weighted by Crippen LogP contribution is 2.35. The van der Waals surface area contributed by atoms with Crippen molar-refractivity contribution in [2.45, 2.75) is 32.9 Å². The van der Waals surface area contributed by atoms with E-state index < -0.39 is 0 Å². The Morgan fingerprint density at radius 1 is 1.11 bits per heavy atom.